The second-order valence-corrected chi connectivity index (χ2v) is 9.75. The summed E-state index contributed by atoms with van der Waals surface area (Å²) in [4.78, 5) is 19.9. The predicted molar refractivity (Wildman–Crippen MR) is 113 cm³/mol. The van der Waals surface area contributed by atoms with Crippen molar-refractivity contribution < 1.29 is 17.9 Å². The summed E-state index contributed by atoms with van der Waals surface area (Å²) < 4.78 is 32.3. The van der Waals surface area contributed by atoms with Gasteiger partial charge in [-0.2, -0.15) is 0 Å². The van der Waals surface area contributed by atoms with Crippen molar-refractivity contribution in [3.05, 3.63) is 29.3 Å². The van der Waals surface area contributed by atoms with Gasteiger partial charge in [-0.15, -0.1) is 0 Å². The van der Waals surface area contributed by atoms with Crippen molar-refractivity contribution in [1.29, 1.82) is 0 Å². The highest BCUT2D eigenvalue weighted by molar-refractivity contribution is 7.89. The van der Waals surface area contributed by atoms with E-state index in [0.29, 0.717) is 37.2 Å². The van der Waals surface area contributed by atoms with Crippen LogP contribution in [-0.4, -0.2) is 75.1 Å². The molecule has 1 saturated heterocycles. The van der Waals surface area contributed by atoms with Crippen molar-refractivity contribution in [2.75, 3.05) is 39.3 Å². The van der Waals surface area contributed by atoms with Gasteiger partial charge in [-0.3, -0.25) is 4.99 Å². The lowest BCUT2D eigenvalue weighted by atomic mass is 10.2. The van der Waals surface area contributed by atoms with Crippen molar-refractivity contribution in [3.8, 4) is 0 Å². The van der Waals surface area contributed by atoms with E-state index in [2.05, 4.69) is 9.71 Å². The zero-order valence-electron chi connectivity index (χ0n) is 16.9. The molecule has 0 aliphatic carbocycles. The molecular weight excluding hydrogens is 418 g/mol. The number of aliphatic imine (C=N–C) groups is 1. The standard InChI is InChI=1S/C18H28ClN5O4S/c1-18(2,3)28-17(25)24-11-9-23(10-12-24)16(20)21-7-8-22-29(26,27)15-6-4-5-14(19)13-15/h4-6,13,22H,7-12H2,1-3H3,(H2,20,21). The highest BCUT2D eigenvalue weighted by Crippen LogP contribution is 2.15. The van der Waals surface area contributed by atoms with Gasteiger partial charge in [0, 0.05) is 37.7 Å². The summed E-state index contributed by atoms with van der Waals surface area (Å²) in [5.41, 5.74) is 5.46. The molecule has 1 amide bonds. The first-order valence-corrected chi connectivity index (χ1v) is 11.1. The van der Waals surface area contributed by atoms with Crippen molar-refractivity contribution in [2.45, 2.75) is 31.3 Å². The second-order valence-electron chi connectivity index (χ2n) is 7.55. The predicted octanol–water partition coefficient (Wildman–Crippen LogP) is 1.49. The Morgan fingerprint density at radius 3 is 2.45 bits per heavy atom. The Bertz CT molecular complexity index is 846. The third-order valence-corrected chi connectivity index (χ3v) is 5.73. The highest BCUT2D eigenvalue weighted by Gasteiger charge is 2.26. The van der Waals surface area contributed by atoms with Crippen LogP contribution in [0.2, 0.25) is 5.02 Å². The Hall–Kier alpha value is -2.04. The Kier molecular flexibility index (Phi) is 7.73. The second kappa shape index (κ2) is 9.64. The van der Waals surface area contributed by atoms with Gasteiger partial charge in [0.15, 0.2) is 5.96 Å². The maximum Gasteiger partial charge on any atom is 0.410 e. The molecule has 0 spiro atoms. The van der Waals surface area contributed by atoms with Crippen LogP contribution >= 0.6 is 11.6 Å². The Morgan fingerprint density at radius 1 is 1.24 bits per heavy atom. The maximum absolute atomic E-state index is 12.2. The van der Waals surface area contributed by atoms with Crippen LogP contribution in [0.15, 0.2) is 34.2 Å². The third-order valence-electron chi connectivity index (χ3n) is 4.04. The number of nitrogens with one attached hydrogen (secondary N) is 1. The molecule has 162 valence electrons. The number of hydrogen-bond acceptors (Lipinski definition) is 5. The molecule has 0 bridgehead atoms. The van der Waals surface area contributed by atoms with E-state index in [1.165, 1.54) is 12.1 Å². The SMILES string of the molecule is CC(C)(C)OC(=O)N1CCN(C(N)=NCCNS(=O)(=O)c2cccc(Cl)c2)CC1. The van der Waals surface area contributed by atoms with Gasteiger partial charge >= 0.3 is 6.09 Å². The Labute approximate surface area is 176 Å². The number of piperazine rings is 1. The van der Waals surface area contributed by atoms with Gasteiger partial charge in [0.05, 0.1) is 11.4 Å². The molecule has 9 nitrogen and oxygen atoms in total. The van der Waals surface area contributed by atoms with E-state index < -0.39 is 15.6 Å². The molecule has 2 rings (SSSR count). The smallest absolute Gasteiger partial charge is 0.410 e. The first-order valence-electron chi connectivity index (χ1n) is 9.26. The van der Waals surface area contributed by atoms with Gasteiger partial charge in [-0.05, 0) is 39.0 Å². The summed E-state index contributed by atoms with van der Waals surface area (Å²) in [6, 6.07) is 6.03. The number of carbonyl (C=O) groups excluding carboxylic acids is 1. The number of nitrogens with two attached hydrogens (primary N) is 1. The molecule has 1 fully saturated rings. The first kappa shape index (κ1) is 23.2. The quantitative estimate of drug-likeness (QED) is 0.402. The van der Waals surface area contributed by atoms with Gasteiger partial charge < -0.3 is 20.3 Å². The van der Waals surface area contributed by atoms with E-state index in [1.807, 2.05) is 25.7 Å². The summed E-state index contributed by atoms with van der Waals surface area (Å²) in [6.45, 7) is 7.79. The molecule has 1 aliphatic rings. The van der Waals surface area contributed by atoms with Crippen LogP contribution in [-0.2, 0) is 14.8 Å². The lowest BCUT2D eigenvalue weighted by Crippen LogP contribution is -2.53. The highest BCUT2D eigenvalue weighted by atomic mass is 35.5. The van der Waals surface area contributed by atoms with Crippen molar-refractivity contribution in [1.82, 2.24) is 14.5 Å². The molecule has 1 aromatic rings. The Morgan fingerprint density at radius 2 is 1.86 bits per heavy atom. The van der Waals surface area contributed by atoms with Gasteiger partial charge in [0.25, 0.3) is 0 Å². The lowest BCUT2D eigenvalue weighted by Gasteiger charge is -2.36. The van der Waals surface area contributed by atoms with Crippen LogP contribution in [0.25, 0.3) is 0 Å². The topological polar surface area (TPSA) is 117 Å². The number of rotatable bonds is 5. The van der Waals surface area contributed by atoms with Gasteiger partial charge in [-0.25, -0.2) is 17.9 Å². The van der Waals surface area contributed by atoms with Crippen molar-refractivity contribution >= 4 is 33.7 Å². The zero-order valence-corrected chi connectivity index (χ0v) is 18.5. The number of hydrogen-bond donors (Lipinski definition) is 2. The fourth-order valence-electron chi connectivity index (χ4n) is 2.61. The van der Waals surface area contributed by atoms with Crippen molar-refractivity contribution in [3.63, 3.8) is 0 Å². The van der Waals surface area contributed by atoms with E-state index in [0.717, 1.165) is 0 Å². The molecule has 1 aliphatic heterocycles. The summed E-state index contributed by atoms with van der Waals surface area (Å²) in [7, 11) is -3.65. The first-order chi connectivity index (χ1) is 13.5. The molecular formula is C18H28ClN5O4S. The maximum atomic E-state index is 12.2. The van der Waals surface area contributed by atoms with E-state index in [9.17, 15) is 13.2 Å². The van der Waals surface area contributed by atoms with E-state index in [4.69, 9.17) is 22.1 Å². The van der Waals surface area contributed by atoms with Crippen LogP contribution in [0.5, 0.6) is 0 Å². The molecule has 1 aromatic carbocycles. The molecule has 0 atom stereocenters. The zero-order chi connectivity index (χ0) is 21.7. The largest absolute Gasteiger partial charge is 0.444 e. The van der Waals surface area contributed by atoms with Crippen LogP contribution in [0.1, 0.15) is 20.8 Å². The minimum atomic E-state index is -3.65. The monoisotopic (exact) mass is 445 g/mol. The average molecular weight is 446 g/mol. The third kappa shape index (κ3) is 7.37. The minimum absolute atomic E-state index is 0.0974. The van der Waals surface area contributed by atoms with E-state index in [1.54, 1.807) is 17.0 Å². The number of carbonyl (C=O) groups is 1. The minimum Gasteiger partial charge on any atom is -0.444 e. The summed E-state index contributed by atoms with van der Waals surface area (Å²) in [5.74, 6) is 0.316. The molecule has 0 radical (unpaired) electrons. The Balaban J connectivity index is 1.79. The molecule has 1 heterocycles. The number of sulfonamides is 1. The van der Waals surface area contributed by atoms with Gasteiger partial charge in [0.1, 0.15) is 5.60 Å². The van der Waals surface area contributed by atoms with E-state index >= 15 is 0 Å². The molecule has 0 aromatic heterocycles. The summed E-state index contributed by atoms with van der Waals surface area (Å²) in [5, 5.41) is 0.348. The van der Waals surface area contributed by atoms with Crippen LogP contribution in [0, 0.1) is 0 Å². The number of ether oxygens (including phenoxy) is 1. The number of amides is 1. The van der Waals surface area contributed by atoms with Gasteiger partial charge in [-0.1, -0.05) is 17.7 Å². The number of nitrogens with zero attached hydrogens (tertiary/aromatic N) is 3. The van der Waals surface area contributed by atoms with Crippen LogP contribution in [0.3, 0.4) is 0 Å². The number of guanidine groups is 1. The average Bonchev–Trinajstić information content (AvgIpc) is 2.64. The fourth-order valence-corrected chi connectivity index (χ4v) is 3.93. The van der Waals surface area contributed by atoms with Crippen LogP contribution < -0.4 is 10.5 Å². The van der Waals surface area contributed by atoms with E-state index in [-0.39, 0.29) is 24.1 Å². The molecule has 0 saturated carbocycles. The van der Waals surface area contributed by atoms with Gasteiger partial charge in [0.2, 0.25) is 10.0 Å². The molecule has 0 unspecified atom stereocenters. The van der Waals surface area contributed by atoms with Crippen molar-refractivity contribution in [2.24, 2.45) is 10.7 Å². The van der Waals surface area contributed by atoms with Crippen LogP contribution in [0.4, 0.5) is 4.79 Å². The summed E-state index contributed by atoms with van der Waals surface area (Å²) >= 11 is 5.83. The number of benzene rings is 1. The fraction of sp³-hybridized carbons (Fsp3) is 0.556. The molecule has 3 N–H and O–H groups in total. The molecule has 29 heavy (non-hydrogen) atoms. The summed E-state index contributed by atoms with van der Waals surface area (Å²) in [6.07, 6.45) is -0.344. The normalized spacial score (nSPS) is 16.1. The molecule has 11 heteroatoms. The lowest BCUT2D eigenvalue weighted by molar-refractivity contribution is 0.0186. The number of halogens is 1.